The van der Waals surface area contributed by atoms with Gasteiger partial charge in [-0.2, -0.15) is 0 Å². The van der Waals surface area contributed by atoms with Crippen LogP contribution in [0.4, 0.5) is 5.69 Å². The van der Waals surface area contributed by atoms with Crippen molar-refractivity contribution >= 4 is 41.8 Å². The fourth-order valence-electron chi connectivity index (χ4n) is 1.51. The highest BCUT2D eigenvalue weighted by Gasteiger charge is 2.21. The van der Waals surface area contributed by atoms with Gasteiger partial charge in [0.1, 0.15) is 0 Å². The predicted octanol–water partition coefficient (Wildman–Crippen LogP) is 3.75. The van der Waals surface area contributed by atoms with Gasteiger partial charge in [0.2, 0.25) is 0 Å². The molecule has 1 aliphatic heterocycles. The SMILES string of the molecule is O=[N+]([O-])c1ccc(S)c(C2SCCCS2)c1. The van der Waals surface area contributed by atoms with E-state index in [4.69, 9.17) is 0 Å². The maximum Gasteiger partial charge on any atom is 0.269 e. The molecule has 1 saturated heterocycles. The summed E-state index contributed by atoms with van der Waals surface area (Å²) in [5.74, 6) is 2.24. The van der Waals surface area contributed by atoms with Crippen LogP contribution in [0.1, 0.15) is 16.6 Å². The summed E-state index contributed by atoms with van der Waals surface area (Å²) in [6.07, 6.45) is 1.21. The molecule has 86 valence electrons. The second-order valence-corrected chi connectivity index (χ2v) is 6.63. The van der Waals surface area contributed by atoms with Crippen LogP contribution in [0.15, 0.2) is 23.1 Å². The van der Waals surface area contributed by atoms with Gasteiger partial charge in [-0.25, -0.2) is 0 Å². The van der Waals surface area contributed by atoms with Gasteiger partial charge in [-0.3, -0.25) is 10.1 Å². The van der Waals surface area contributed by atoms with Crippen molar-refractivity contribution in [2.75, 3.05) is 11.5 Å². The van der Waals surface area contributed by atoms with E-state index in [0.29, 0.717) is 4.58 Å². The van der Waals surface area contributed by atoms with E-state index in [9.17, 15) is 10.1 Å². The smallest absolute Gasteiger partial charge is 0.258 e. The molecule has 0 N–H and O–H groups in total. The molecule has 6 heteroatoms. The Bertz CT molecular complexity index is 405. The highest BCUT2D eigenvalue weighted by molar-refractivity contribution is 8.16. The first-order chi connectivity index (χ1) is 7.68. The van der Waals surface area contributed by atoms with E-state index in [1.54, 1.807) is 12.1 Å². The Morgan fingerprint density at radius 2 is 2.06 bits per heavy atom. The lowest BCUT2D eigenvalue weighted by Gasteiger charge is -2.22. The summed E-state index contributed by atoms with van der Waals surface area (Å²) in [4.78, 5) is 11.2. The summed E-state index contributed by atoms with van der Waals surface area (Å²) in [5.41, 5.74) is 1.13. The van der Waals surface area contributed by atoms with E-state index < -0.39 is 0 Å². The molecule has 1 aromatic carbocycles. The van der Waals surface area contributed by atoms with Crippen LogP contribution < -0.4 is 0 Å². The van der Waals surface area contributed by atoms with Crippen LogP contribution in [0, 0.1) is 10.1 Å². The first-order valence-electron chi connectivity index (χ1n) is 4.89. The van der Waals surface area contributed by atoms with Gasteiger partial charge >= 0.3 is 0 Å². The number of nitro benzene ring substituents is 1. The van der Waals surface area contributed by atoms with Gasteiger partial charge in [0.05, 0.1) is 9.51 Å². The van der Waals surface area contributed by atoms with Crippen molar-refractivity contribution in [1.82, 2.24) is 0 Å². The third-order valence-corrected chi connectivity index (χ3v) is 5.69. The first kappa shape index (κ1) is 12.1. The lowest BCUT2D eigenvalue weighted by Crippen LogP contribution is -2.02. The summed E-state index contributed by atoms with van der Waals surface area (Å²) in [7, 11) is 0. The highest BCUT2D eigenvalue weighted by Crippen LogP contribution is 2.46. The monoisotopic (exact) mass is 273 g/mol. The second-order valence-electron chi connectivity index (χ2n) is 3.43. The van der Waals surface area contributed by atoms with Gasteiger partial charge in [0.15, 0.2) is 0 Å². The van der Waals surface area contributed by atoms with Crippen LogP contribution in [0.2, 0.25) is 0 Å². The molecule has 1 aromatic rings. The fourth-order valence-corrected chi connectivity index (χ4v) is 4.90. The Kier molecular flexibility index (Phi) is 4.05. The standard InChI is InChI=1S/C10H11NO2S3/c12-11(13)7-2-3-9(14)8(6-7)10-15-4-1-5-16-10/h2-3,6,10,14H,1,4-5H2. The normalized spacial score (nSPS) is 17.3. The molecule has 3 nitrogen and oxygen atoms in total. The number of nitrogens with zero attached hydrogens (tertiary/aromatic N) is 1. The Hall–Kier alpha value is -0.330. The van der Waals surface area contributed by atoms with Gasteiger partial charge in [0, 0.05) is 17.0 Å². The Balaban J connectivity index is 2.30. The minimum absolute atomic E-state index is 0.152. The second kappa shape index (κ2) is 5.33. The minimum Gasteiger partial charge on any atom is -0.258 e. The third kappa shape index (κ3) is 2.67. The number of hydrogen-bond acceptors (Lipinski definition) is 5. The van der Waals surface area contributed by atoms with E-state index in [-0.39, 0.29) is 10.6 Å². The summed E-state index contributed by atoms with van der Waals surface area (Å²) in [6.45, 7) is 0. The van der Waals surface area contributed by atoms with E-state index in [1.165, 1.54) is 12.5 Å². The average molecular weight is 273 g/mol. The molecule has 2 rings (SSSR count). The van der Waals surface area contributed by atoms with E-state index >= 15 is 0 Å². The van der Waals surface area contributed by atoms with E-state index in [2.05, 4.69) is 12.6 Å². The van der Waals surface area contributed by atoms with Gasteiger partial charge in [0.25, 0.3) is 5.69 Å². The zero-order chi connectivity index (χ0) is 11.5. The summed E-state index contributed by atoms with van der Waals surface area (Å²) >= 11 is 8.06. The Labute approximate surface area is 108 Å². The van der Waals surface area contributed by atoms with Crippen LogP contribution in [-0.2, 0) is 0 Å². The van der Waals surface area contributed by atoms with Crippen molar-refractivity contribution in [1.29, 1.82) is 0 Å². The van der Waals surface area contributed by atoms with Gasteiger partial charge in [-0.1, -0.05) is 0 Å². The third-order valence-electron chi connectivity index (χ3n) is 2.30. The van der Waals surface area contributed by atoms with Crippen molar-refractivity contribution in [3.8, 4) is 0 Å². The maximum atomic E-state index is 10.7. The predicted molar refractivity (Wildman–Crippen MR) is 72.6 cm³/mol. The highest BCUT2D eigenvalue weighted by atomic mass is 32.2. The van der Waals surface area contributed by atoms with Crippen molar-refractivity contribution in [3.05, 3.63) is 33.9 Å². The lowest BCUT2D eigenvalue weighted by molar-refractivity contribution is -0.385. The zero-order valence-electron chi connectivity index (χ0n) is 8.46. The summed E-state index contributed by atoms with van der Waals surface area (Å²) < 4.78 is 0.293. The largest absolute Gasteiger partial charge is 0.269 e. The van der Waals surface area contributed by atoms with Crippen LogP contribution in [0.5, 0.6) is 0 Å². The number of thioether (sulfide) groups is 2. The molecule has 1 aliphatic rings. The minimum atomic E-state index is -0.352. The Morgan fingerprint density at radius 3 is 2.69 bits per heavy atom. The number of rotatable bonds is 2. The van der Waals surface area contributed by atoms with E-state index in [1.807, 2.05) is 23.5 Å². The molecule has 0 amide bonds. The maximum absolute atomic E-state index is 10.7. The molecule has 0 aliphatic carbocycles. The number of hydrogen-bond donors (Lipinski definition) is 1. The number of nitro groups is 1. The molecule has 0 unspecified atom stereocenters. The molecule has 0 bridgehead atoms. The fraction of sp³-hybridized carbons (Fsp3) is 0.400. The average Bonchev–Trinajstić information content (AvgIpc) is 2.30. The van der Waals surface area contributed by atoms with Gasteiger partial charge in [-0.05, 0) is 29.6 Å². The van der Waals surface area contributed by atoms with Crippen LogP contribution in [0.25, 0.3) is 0 Å². The summed E-state index contributed by atoms with van der Waals surface area (Å²) in [5, 5.41) is 10.7. The van der Waals surface area contributed by atoms with Crippen molar-refractivity contribution in [3.63, 3.8) is 0 Å². The lowest BCUT2D eigenvalue weighted by atomic mass is 10.2. The molecule has 0 radical (unpaired) electrons. The molecule has 16 heavy (non-hydrogen) atoms. The van der Waals surface area contributed by atoms with Crippen molar-refractivity contribution < 1.29 is 4.92 Å². The topological polar surface area (TPSA) is 43.1 Å². The van der Waals surface area contributed by atoms with Crippen molar-refractivity contribution in [2.24, 2.45) is 0 Å². The molecular formula is C10H11NO2S3. The van der Waals surface area contributed by atoms with E-state index in [0.717, 1.165) is 22.0 Å². The quantitative estimate of drug-likeness (QED) is 0.506. The number of non-ortho nitro benzene ring substituents is 1. The molecule has 0 atom stereocenters. The molecular weight excluding hydrogens is 262 g/mol. The first-order valence-corrected chi connectivity index (χ1v) is 7.43. The molecule has 1 heterocycles. The number of benzene rings is 1. The zero-order valence-corrected chi connectivity index (χ0v) is 11.0. The molecule has 0 aromatic heterocycles. The molecule has 1 fully saturated rings. The molecule has 0 spiro atoms. The van der Waals surface area contributed by atoms with Crippen LogP contribution >= 0.6 is 36.2 Å². The van der Waals surface area contributed by atoms with Crippen LogP contribution in [-0.4, -0.2) is 16.4 Å². The number of thiol groups is 1. The molecule has 0 saturated carbocycles. The Morgan fingerprint density at radius 1 is 1.38 bits per heavy atom. The van der Waals surface area contributed by atoms with Gasteiger partial charge in [-0.15, -0.1) is 36.2 Å². The summed E-state index contributed by atoms with van der Waals surface area (Å²) in [6, 6.07) is 4.87. The van der Waals surface area contributed by atoms with Crippen LogP contribution in [0.3, 0.4) is 0 Å². The van der Waals surface area contributed by atoms with Gasteiger partial charge < -0.3 is 0 Å². The van der Waals surface area contributed by atoms with Crippen molar-refractivity contribution in [2.45, 2.75) is 15.9 Å².